The minimum Gasteiger partial charge on any atom is -0.226 e. The fourth-order valence-electron chi connectivity index (χ4n) is 1.24. The normalized spacial score (nSPS) is 10.9. The first kappa shape index (κ1) is 13.3. The number of thiazole rings is 1. The average molecular weight is 391 g/mol. The van der Waals surface area contributed by atoms with Crippen LogP contribution in [0.5, 0.6) is 0 Å². The van der Waals surface area contributed by atoms with Gasteiger partial charge in [0.2, 0.25) is 11.3 Å². The van der Waals surface area contributed by atoms with Crippen molar-refractivity contribution in [1.29, 1.82) is 5.26 Å². The summed E-state index contributed by atoms with van der Waals surface area (Å²) in [6.07, 6.45) is 3.18. The van der Waals surface area contributed by atoms with Gasteiger partial charge in [-0.15, -0.1) is 4.31 Å². The van der Waals surface area contributed by atoms with Crippen LogP contribution in [0.2, 0.25) is 0 Å². The van der Waals surface area contributed by atoms with Crippen molar-refractivity contribution in [3.8, 4) is 6.19 Å². The summed E-state index contributed by atoms with van der Waals surface area (Å²) in [5, 5.41) is 9.19. The highest BCUT2D eigenvalue weighted by Gasteiger charge is 2.27. The van der Waals surface area contributed by atoms with E-state index in [1.54, 1.807) is 24.4 Å². The van der Waals surface area contributed by atoms with Crippen LogP contribution >= 0.6 is 33.9 Å². The summed E-state index contributed by atoms with van der Waals surface area (Å²) in [4.78, 5) is 3.98. The maximum absolute atomic E-state index is 12.2. The second-order valence-corrected chi connectivity index (χ2v) is 7.82. The van der Waals surface area contributed by atoms with E-state index >= 15 is 0 Å². The zero-order chi connectivity index (χ0) is 13.2. The highest BCUT2D eigenvalue weighted by molar-refractivity contribution is 14.1. The van der Waals surface area contributed by atoms with E-state index in [9.17, 15) is 8.42 Å². The molecule has 92 valence electrons. The Labute approximate surface area is 122 Å². The lowest BCUT2D eigenvalue weighted by Gasteiger charge is -2.12. The number of sulfonamides is 1. The Morgan fingerprint density at radius 2 is 2.00 bits per heavy atom. The number of aromatic nitrogens is 1. The molecule has 0 spiro atoms. The van der Waals surface area contributed by atoms with Crippen molar-refractivity contribution in [2.45, 2.75) is 4.90 Å². The van der Waals surface area contributed by atoms with E-state index in [2.05, 4.69) is 4.98 Å². The van der Waals surface area contributed by atoms with Gasteiger partial charge in [0.05, 0.1) is 14.0 Å². The molecule has 0 aliphatic carbocycles. The second-order valence-electron chi connectivity index (χ2n) is 3.13. The highest BCUT2D eigenvalue weighted by atomic mass is 127. The van der Waals surface area contributed by atoms with Gasteiger partial charge in [-0.3, -0.25) is 0 Å². The van der Waals surface area contributed by atoms with E-state index in [4.69, 9.17) is 5.26 Å². The van der Waals surface area contributed by atoms with E-state index in [0.29, 0.717) is 4.31 Å². The Balaban J connectivity index is 2.50. The van der Waals surface area contributed by atoms with Crippen molar-refractivity contribution in [3.63, 3.8) is 0 Å². The number of rotatable bonds is 3. The average Bonchev–Trinajstić information content (AvgIpc) is 2.77. The number of benzene rings is 1. The molecular weight excluding hydrogens is 385 g/mol. The van der Waals surface area contributed by atoms with Crippen molar-refractivity contribution in [3.05, 3.63) is 39.4 Å². The summed E-state index contributed by atoms with van der Waals surface area (Å²) in [5.41, 5.74) is 0. The Bertz CT molecular complexity index is 691. The third-order valence-electron chi connectivity index (χ3n) is 2.01. The maximum atomic E-state index is 12.2. The molecule has 8 heteroatoms. The predicted molar refractivity (Wildman–Crippen MR) is 76.6 cm³/mol. The van der Waals surface area contributed by atoms with E-state index in [0.717, 1.165) is 14.2 Å². The first-order valence-electron chi connectivity index (χ1n) is 4.67. The van der Waals surface area contributed by atoms with E-state index in [1.165, 1.54) is 18.3 Å². The Morgan fingerprint density at radius 1 is 1.33 bits per heavy atom. The zero-order valence-electron chi connectivity index (χ0n) is 8.82. The van der Waals surface area contributed by atoms with Crippen LogP contribution < -0.4 is 4.31 Å². The van der Waals surface area contributed by atoms with E-state index in [1.807, 2.05) is 22.6 Å². The van der Waals surface area contributed by atoms with Crippen LogP contribution in [-0.4, -0.2) is 13.4 Å². The van der Waals surface area contributed by atoms with Crippen LogP contribution in [0.3, 0.4) is 0 Å². The molecule has 0 unspecified atom stereocenters. The fraction of sp³-hybridized carbons (Fsp3) is 0. The van der Waals surface area contributed by atoms with Gasteiger partial charge in [0.25, 0.3) is 10.0 Å². The maximum Gasteiger partial charge on any atom is 0.278 e. The summed E-state index contributed by atoms with van der Waals surface area (Å²) in [5.74, 6) is 0. The molecule has 1 aromatic heterocycles. The lowest BCUT2D eigenvalue weighted by Crippen LogP contribution is -2.25. The van der Waals surface area contributed by atoms with Gasteiger partial charge in [0.1, 0.15) is 0 Å². The zero-order valence-corrected chi connectivity index (χ0v) is 12.6. The molecule has 18 heavy (non-hydrogen) atoms. The molecule has 0 aliphatic heterocycles. The van der Waals surface area contributed by atoms with Gasteiger partial charge < -0.3 is 0 Å². The summed E-state index contributed by atoms with van der Waals surface area (Å²) in [6.45, 7) is 0. The molecule has 0 bridgehead atoms. The molecule has 0 amide bonds. The lowest BCUT2D eigenvalue weighted by molar-refractivity contribution is 0.596. The SMILES string of the molecule is N#CN(c1ncc(I)s1)S(=O)(=O)c1ccccc1. The van der Waals surface area contributed by atoms with E-state index < -0.39 is 10.0 Å². The van der Waals surface area contributed by atoms with Gasteiger partial charge in [0.15, 0.2) is 0 Å². The molecule has 0 saturated heterocycles. The molecule has 2 rings (SSSR count). The second kappa shape index (κ2) is 5.21. The molecule has 0 atom stereocenters. The first-order chi connectivity index (χ1) is 8.55. The van der Waals surface area contributed by atoms with Crippen LogP contribution in [-0.2, 0) is 10.0 Å². The van der Waals surface area contributed by atoms with Gasteiger partial charge in [-0.2, -0.15) is 13.7 Å². The summed E-state index contributed by atoms with van der Waals surface area (Å²) >= 11 is 3.16. The number of hydrogen-bond acceptors (Lipinski definition) is 5. The lowest BCUT2D eigenvalue weighted by atomic mass is 10.4. The van der Waals surface area contributed by atoms with Gasteiger partial charge in [-0.1, -0.05) is 29.5 Å². The minimum atomic E-state index is -3.87. The van der Waals surface area contributed by atoms with Crippen molar-refractivity contribution in [2.75, 3.05) is 4.31 Å². The van der Waals surface area contributed by atoms with Crippen LogP contribution in [0.1, 0.15) is 0 Å². The molecule has 5 nitrogen and oxygen atoms in total. The van der Waals surface area contributed by atoms with Crippen molar-refractivity contribution >= 4 is 49.1 Å². The molecule has 0 radical (unpaired) electrons. The molecule has 1 heterocycles. The molecule has 2 aromatic rings. The molecular formula is C10H6IN3O2S2. The molecule has 0 fully saturated rings. The summed E-state index contributed by atoms with van der Waals surface area (Å²) < 4.78 is 25.9. The Hall–Kier alpha value is -1.18. The van der Waals surface area contributed by atoms with Gasteiger partial charge >= 0.3 is 0 Å². The summed E-state index contributed by atoms with van der Waals surface area (Å²) in [6, 6.07) is 7.81. The molecule has 0 saturated carbocycles. The largest absolute Gasteiger partial charge is 0.278 e. The fourth-order valence-corrected chi connectivity index (χ4v) is 3.95. The molecule has 0 aliphatic rings. The smallest absolute Gasteiger partial charge is 0.226 e. The van der Waals surface area contributed by atoms with Gasteiger partial charge in [0, 0.05) is 0 Å². The predicted octanol–water partition coefficient (Wildman–Crippen LogP) is 2.42. The van der Waals surface area contributed by atoms with Crippen LogP contribution in [0, 0.1) is 14.3 Å². The number of nitrogens with zero attached hydrogens (tertiary/aromatic N) is 3. The molecule has 1 aromatic carbocycles. The van der Waals surface area contributed by atoms with E-state index in [-0.39, 0.29) is 10.0 Å². The minimum absolute atomic E-state index is 0.0664. The summed E-state index contributed by atoms with van der Waals surface area (Å²) in [7, 11) is -3.87. The third-order valence-corrected chi connectivity index (χ3v) is 5.44. The monoisotopic (exact) mass is 391 g/mol. The first-order valence-corrected chi connectivity index (χ1v) is 8.00. The van der Waals surface area contributed by atoms with Crippen LogP contribution in [0.25, 0.3) is 0 Å². The highest BCUT2D eigenvalue weighted by Crippen LogP contribution is 2.27. The van der Waals surface area contributed by atoms with Crippen molar-refractivity contribution < 1.29 is 8.42 Å². The quantitative estimate of drug-likeness (QED) is 0.458. The number of hydrogen-bond donors (Lipinski definition) is 0. The Kier molecular flexibility index (Phi) is 3.84. The van der Waals surface area contributed by atoms with Crippen molar-refractivity contribution in [2.24, 2.45) is 0 Å². The molecule has 0 N–H and O–H groups in total. The number of halogens is 1. The standard InChI is InChI=1S/C10H6IN3O2S2/c11-9-6-13-10(17-9)14(7-12)18(15,16)8-4-2-1-3-5-8/h1-6H. The van der Waals surface area contributed by atoms with Crippen molar-refractivity contribution in [1.82, 2.24) is 4.98 Å². The Morgan fingerprint density at radius 3 is 2.50 bits per heavy atom. The number of anilines is 1. The third kappa shape index (κ3) is 2.47. The topological polar surface area (TPSA) is 74.1 Å². The van der Waals surface area contributed by atoms with Gasteiger partial charge in [-0.25, -0.2) is 4.98 Å². The van der Waals surface area contributed by atoms with Crippen LogP contribution in [0.4, 0.5) is 5.13 Å². The number of nitriles is 1. The van der Waals surface area contributed by atoms with Crippen LogP contribution in [0.15, 0.2) is 41.4 Å². The van der Waals surface area contributed by atoms with Gasteiger partial charge in [-0.05, 0) is 34.7 Å².